The third-order valence-electron chi connectivity index (χ3n) is 9.69. The highest BCUT2D eigenvalue weighted by Crippen LogP contribution is 2.44. The summed E-state index contributed by atoms with van der Waals surface area (Å²) in [4.78, 5) is 36.3. The molecule has 44 heavy (non-hydrogen) atoms. The molecule has 0 unspecified atom stereocenters. The molecule has 12 heteroatoms. The van der Waals surface area contributed by atoms with Crippen LogP contribution in [0.15, 0.2) is 23.1 Å². The van der Waals surface area contributed by atoms with Gasteiger partial charge in [-0.1, -0.05) is 6.92 Å². The van der Waals surface area contributed by atoms with Crippen LogP contribution in [0.5, 0.6) is 0 Å². The van der Waals surface area contributed by atoms with Crippen LogP contribution < -0.4 is 5.56 Å². The van der Waals surface area contributed by atoms with E-state index in [1.54, 1.807) is 0 Å². The molecule has 1 saturated carbocycles. The summed E-state index contributed by atoms with van der Waals surface area (Å²) < 4.78 is 28.1. The van der Waals surface area contributed by atoms with Gasteiger partial charge in [0.05, 0.1) is 24.4 Å². The Morgan fingerprint density at radius 1 is 1.09 bits per heavy atom. The third kappa shape index (κ3) is 7.03. The molecule has 240 valence electrons. The second-order valence-corrected chi connectivity index (χ2v) is 15.5. The van der Waals surface area contributed by atoms with Gasteiger partial charge in [0.25, 0.3) is 21.6 Å². The molecule has 0 bridgehead atoms. The number of likely N-dealkylation sites (tertiary alicyclic amines) is 1. The number of carbonyl (C=O) groups excluding carboxylic acids is 1. The predicted molar refractivity (Wildman–Crippen MR) is 173 cm³/mol. The van der Waals surface area contributed by atoms with Crippen molar-refractivity contribution in [3.05, 3.63) is 72.1 Å². The summed E-state index contributed by atoms with van der Waals surface area (Å²) >= 11 is 1.87. The Labute approximate surface area is 264 Å². The normalized spacial score (nSPS) is 21.8. The number of aromatic amines is 1. The number of H-pyrrole nitrogens is 1. The second kappa shape index (κ2) is 12.9. The Hall–Kier alpha value is -2.80. The van der Waals surface area contributed by atoms with Crippen LogP contribution in [-0.4, -0.2) is 75.4 Å². The second-order valence-electron chi connectivity index (χ2n) is 12.9. The maximum absolute atomic E-state index is 13.6. The molecule has 3 aromatic heterocycles. The lowest BCUT2D eigenvalue weighted by atomic mass is 9.76. The fourth-order valence-corrected chi connectivity index (χ4v) is 8.72. The standard InChI is InChI=1S/C31H41N5O2S.CH4O3S/c1-18-14-19(2)33-30(37)26(18)17-34-13-11-27-28(31(34)38)22(5)29(39-27)21(4)23-6-8-24(9-7-23)35-15-25(16-35)36-20(3)10-12-32-36;1-5(2,3)4/h10,12,14,21,23-25H,6-9,11,13,15-17H2,1-5H3,(H,33,37);1H3,(H,2,3,4)/t21-,23?,24?;/m1./s1. The molecular weight excluding hydrogens is 599 g/mol. The van der Waals surface area contributed by atoms with Gasteiger partial charge in [-0.25, -0.2) is 0 Å². The number of hydrogen-bond donors (Lipinski definition) is 2. The lowest BCUT2D eigenvalue weighted by Gasteiger charge is -2.47. The number of aryl methyl sites for hydroxylation is 3. The van der Waals surface area contributed by atoms with Crippen molar-refractivity contribution in [1.82, 2.24) is 24.6 Å². The molecule has 0 spiro atoms. The van der Waals surface area contributed by atoms with E-state index in [1.165, 1.54) is 46.7 Å². The molecule has 0 radical (unpaired) electrons. The quantitative estimate of drug-likeness (QED) is 0.370. The molecule has 6 rings (SSSR count). The minimum absolute atomic E-state index is 0.0803. The van der Waals surface area contributed by atoms with Crippen molar-refractivity contribution in [2.24, 2.45) is 5.92 Å². The van der Waals surface area contributed by atoms with Crippen LogP contribution in [0, 0.1) is 33.6 Å². The Balaban J connectivity index is 0.000000712. The SMILES string of the molecule is CS(=O)(=O)O.Cc1cc(C)c(CN2CCc3sc([C@H](C)C4CCC(N5CC(n6nccc6C)C5)CC4)c(C)c3C2=O)c(=O)[nH]1. The van der Waals surface area contributed by atoms with Crippen molar-refractivity contribution >= 4 is 27.4 Å². The summed E-state index contributed by atoms with van der Waals surface area (Å²) in [6.45, 7) is 13.8. The number of thiophene rings is 1. The van der Waals surface area contributed by atoms with Crippen molar-refractivity contribution in [2.75, 3.05) is 25.9 Å². The van der Waals surface area contributed by atoms with Crippen LogP contribution in [0.4, 0.5) is 0 Å². The molecule has 3 aromatic rings. The van der Waals surface area contributed by atoms with E-state index in [9.17, 15) is 18.0 Å². The van der Waals surface area contributed by atoms with Crippen molar-refractivity contribution < 1.29 is 17.8 Å². The van der Waals surface area contributed by atoms with E-state index < -0.39 is 10.1 Å². The summed E-state index contributed by atoms with van der Waals surface area (Å²) in [6, 6.07) is 5.31. The molecule has 3 aliphatic rings. The van der Waals surface area contributed by atoms with Gasteiger partial charge in [-0.15, -0.1) is 11.3 Å². The Kier molecular flexibility index (Phi) is 9.55. The van der Waals surface area contributed by atoms with Crippen LogP contribution >= 0.6 is 11.3 Å². The molecule has 1 saturated heterocycles. The molecule has 2 aliphatic heterocycles. The highest BCUT2D eigenvalue weighted by molar-refractivity contribution is 7.85. The average molecular weight is 644 g/mol. The topological polar surface area (TPSA) is 129 Å². The van der Waals surface area contributed by atoms with Crippen molar-refractivity contribution in [2.45, 2.75) is 91.3 Å². The number of nitrogens with one attached hydrogen (secondary N) is 1. The molecule has 10 nitrogen and oxygen atoms in total. The maximum Gasteiger partial charge on any atom is 0.261 e. The molecule has 2 fully saturated rings. The van der Waals surface area contributed by atoms with Gasteiger partial charge >= 0.3 is 0 Å². The fraction of sp³-hybridized carbons (Fsp3) is 0.594. The molecule has 1 atom stereocenters. The number of aromatic nitrogens is 3. The summed E-state index contributed by atoms with van der Waals surface area (Å²) in [7, 11) is -3.67. The van der Waals surface area contributed by atoms with Crippen LogP contribution in [-0.2, 0) is 23.1 Å². The zero-order chi connectivity index (χ0) is 31.9. The Morgan fingerprint density at radius 3 is 2.34 bits per heavy atom. The number of hydrogen-bond acceptors (Lipinski definition) is 7. The van der Waals surface area contributed by atoms with E-state index in [2.05, 4.69) is 46.5 Å². The molecule has 1 aliphatic carbocycles. The third-order valence-corrected chi connectivity index (χ3v) is 11.2. The van der Waals surface area contributed by atoms with Crippen LogP contribution in [0.25, 0.3) is 0 Å². The molecule has 5 heterocycles. The molecule has 2 N–H and O–H groups in total. The number of amides is 1. The van der Waals surface area contributed by atoms with Gasteiger partial charge in [0.2, 0.25) is 0 Å². The summed E-state index contributed by atoms with van der Waals surface area (Å²) in [5.74, 6) is 1.23. The van der Waals surface area contributed by atoms with Gasteiger partial charge in [0, 0.05) is 65.0 Å². The monoisotopic (exact) mass is 643 g/mol. The Bertz CT molecular complexity index is 1670. The number of rotatable bonds is 6. The van der Waals surface area contributed by atoms with Crippen molar-refractivity contribution in [3.63, 3.8) is 0 Å². The van der Waals surface area contributed by atoms with Crippen molar-refractivity contribution in [1.29, 1.82) is 0 Å². The highest BCUT2D eigenvalue weighted by Gasteiger charge is 2.38. The first-order valence-electron chi connectivity index (χ1n) is 15.5. The Morgan fingerprint density at radius 2 is 1.75 bits per heavy atom. The molecule has 1 amide bonds. The molecule has 0 aromatic carbocycles. The number of carbonyl (C=O) groups is 1. The van der Waals surface area contributed by atoms with E-state index >= 15 is 0 Å². The summed E-state index contributed by atoms with van der Waals surface area (Å²) in [6.07, 6.45) is 8.54. The van der Waals surface area contributed by atoms with E-state index in [4.69, 9.17) is 4.55 Å². The number of pyridine rings is 1. The van der Waals surface area contributed by atoms with Gasteiger partial charge < -0.3 is 9.88 Å². The zero-order valence-corrected chi connectivity index (χ0v) is 28.2. The first-order valence-corrected chi connectivity index (χ1v) is 18.1. The fourth-order valence-electron chi connectivity index (χ4n) is 7.28. The van der Waals surface area contributed by atoms with Gasteiger partial charge in [-0.05, 0) is 88.5 Å². The number of fused-ring (bicyclic) bond motifs is 1. The van der Waals surface area contributed by atoms with E-state index in [1.807, 2.05) is 42.3 Å². The van der Waals surface area contributed by atoms with Crippen molar-refractivity contribution in [3.8, 4) is 0 Å². The molecular formula is C32H45N5O5S2. The smallest absolute Gasteiger partial charge is 0.261 e. The van der Waals surface area contributed by atoms with Crippen LogP contribution in [0.1, 0.15) is 92.8 Å². The van der Waals surface area contributed by atoms with Gasteiger partial charge in [-0.2, -0.15) is 13.5 Å². The lowest BCUT2D eigenvalue weighted by Crippen LogP contribution is -2.54. The average Bonchev–Trinajstić information content (AvgIpc) is 3.48. The maximum atomic E-state index is 13.6. The lowest BCUT2D eigenvalue weighted by molar-refractivity contribution is 0.0262. The van der Waals surface area contributed by atoms with Crippen LogP contribution in [0.3, 0.4) is 0 Å². The first-order chi connectivity index (χ1) is 20.7. The van der Waals surface area contributed by atoms with Gasteiger partial charge in [0.1, 0.15) is 0 Å². The highest BCUT2D eigenvalue weighted by atomic mass is 32.2. The summed E-state index contributed by atoms with van der Waals surface area (Å²) in [5, 5.41) is 4.51. The van der Waals surface area contributed by atoms with Crippen LogP contribution in [0.2, 0.25) is 0 Å². The predicted octanol–water partition coefficient (Wildman–Crippen LogP) is 4.79. The van der Waals surface area contributed by atoms with Gasteiger partial charge in [-0.3, -0.25) is 23.7 Å². The van der Waals surface area contributed by atoms with E-state index in [0.29, 0.717) is 48.8 Å². The minimum atomic E-state index is -3.67. The minimum Gasteiger partial charge on any atom is -0.334 e. The van der Waals surface area contributed by atoms with Gasteiger partial charge in [0.15, 0.2) is 0 Å². The zero-order valence-electron chi connectivity index (χ0n) is 26.6. The largest absolute Gasteiger partial charge is 0.334 e. The first kappa shape index (κ1) is 32.6. The van der Waals surface area contributed by atoms with E-state index in [-0.39, 0.29) is 11.5 Å². The summed E-state index contributed by atoms with van der Waals surface area (Å²) in [5.41, 5.74) is 5.76. The number of nitrogens with zero attached hydrogens (tertiary/aromatic N) is 4. The van der Waals surface area contributed by atoms with E-state index in [0.717, 1.165) is 36.3 Å².